The highest BCUT2D eigenvalue weighted by molar-refractivity contribution is 5.82. The molecular weight excluding hydrogens is 434 g/mol. The first-order chi connectivity index (χ1) is 13.9. The summed E-state index contributed by atoms with van der Waals surface area (Å²) in [6.45, 7) is 1.42. The van der Waals surface area contributed by atoms with Crippen molar-refractivity contribution in [3.05, 3.63) is 70.8 Å². The fourth-order valence-electron chi connectivity index (χ4n) is 3.77. The van der Waals surface area contributed by atoms with Crippen molar-refractivity contribution in [1.82, 2.24) is 0 Å². The highest BCUT2D eigenvalue weighted by Gasteiger charge is 2.41. The smallest absolute Gasteiger partial charge is 0.373 e. The van der Waals surface area contributed by atoms with Crippen LogP contribution in [0.2, 0.25) is 0 Å². The Balaban J connectivity index is 0.00000256. The lowest BCUT2D eigenvalue weighted by molar-refractivity contribution is -0.143. The van der Waals surface area contributed by atoms with Crippen LogP contribution in [0.1, 0.15) is 69.4 Å². The fraction of sp³-hybridized carbons (Fsp3) is 0.458. The molecule has 2 atom stereocenters. The summed E-state index contributed by atoms with van der Waals surface area (Å²) >= 11 is 0. The normalized spacial score (nSPS) is 19.8. The number of benzene rings is 2. The quantitative estimate of drug-likeness (QED) is 0.425. The molecule has 3 rings (SSSR count). The Bertz CT molecular complexity index is 873. The number of carbonyl (C=O) groups is 1. The third-order valence-electron chi connectivity index (χ3n) is 5.49. The van der Waals surface area contributed by atoms with E-state index in [4.69, 9.17) is 4.74 Å². The molecule has 178 valence electrons. The molecule has 1 fully saturated rings. The van der Waals surface area contributed by atoms with E-state index in [1.54, 1.807) is 0 Å². The van der Waals surface area contributed by atoms with E-state index >= 15 is 0 Å². The molecular formula is C24H28F6O2. The predicted molar refractivity (Wildman–Crippen MR) is 111 cm³/mol. The molecule has 2 nitrogen and oxygen atoms in total. The molecule has 0 heterocycles. The minimum Gasteiger partial charge on any atom is -0.373 e. The van der Waals surface area contributed by atoms with Crippen molar-refractivity contribution in [3.8, 4) is 0 Å². The van der Waals surface area contributed by atoms with Gasteiger partial charge in [-0.2, -0.15) is 26.3 Å². The number of rotatable bonds is 5. The zero-order valence-corrected chi connectivity index (χ0v) is 16.1. The van der Waals surface area contributed by atoms with Gasteiger partial charge in [-0.05, 0) is 42.7 Å². The second-order valence-electron chi connectivity index (χ2n) is 7.65. The molecule has 0 N–H and O–H groups in total. The second-order valence-corrected chi connectivity index (χ2v) is 7.65. The van der Waals surface area contributed by atoms with Gasteiger partial charge in [-0.15, -0.1) is 0 Å². The molecule has 1 aliphatic carbocycles. The maximum absolute atomic E-state index is 13.1. The minimum atomic E-state index is -4.92. The summed E-state index contributed by atoms with van der Waals surface area (Å²) in [6.07, 6.45) is -9.77. The van der Waals surface area contributed by atoms with E-state index in [1.165, 1.54) is 6.92 Å². The number of hydrogen-bond acceptors (Lipinski definition) is 2. The van der Waals surface area contributed by atoms with Gasteiger partial charge in [0, 0.05) is 18.3 Å². The Morgan fingerprint density at radius 2 is 1.47 bits per heavy atom. The van der Waals surface area contributed by atoms with E-state index in [0.717, 1.165) is 5.56 Å². The summed E-state index contributed by atoms with van der Waals surface area (Å²) in [6, 6.07) is 10.6. The zero-order chi connectivity index (χ0) is 22.2. The molecule has 0 saturated heterocycles. The molecule has 2 aromatic carbocycles. The summed E-state index contributed by atoms with van der Waals surface area (Å²) in [5.74, 6) is 0.0496. The van der Waals surface area contributed by atoms with E-state index in [0.29, 0.717) is 25.0 Å². The first-order valence-corrected chi connectivity index (χ1v) is 9.39. The average molecular weight is 462 g/mol. The van der Waals surface area contributed by atoms with Crippen molar-refractivity contribution in [2.75, 3.05) is 6.61 Å². The Morgan fingerprint density at radius 3 is 1.91 bits per heavy atom. The fourth-order valence-corrected chi connectivity index (χ4v) is 3.77. The van der Waals surface area contributed by atoms with Gasteiger partial charge in [0.15, 0.2) is 0 Å². The van der Waals surface area contributed by atoms with Crippen LogP contribution >= 0.6 is 0 Å². The number of halogens is 6. The minimum absolute atomic E-state index is 0. The lowest BCUT2D eigenvalue weighted by Gasteiger charge is -2.30. The van der Waals surface area contributed by atoms with Crippen LogP contribution in [0, 0.1) is 0 Å². The molecule has 32 heavy (non-hydrogen) atoms. The van der Waals surface area contributed by atoms with Gasteiger partial charge >= 0.3 is 12.4 Å². The molecule has 0 bridgehead atoms. The summed E-state index contributed by atoms with van der Waals surface area (Å²) in [5, 5.41) is 0. The maximum Gasteiger partial charge on any atom is 0.416 e. The molecule has 0 aliphatic heterocycles. The third kappa shape index (κ3) is 6.12. The Morgan fingerprint density at radius 1 is 0.938 bits per heavy atom. The van der Waals surface area contributed by atoms with Crippen LogP contribution in [-0.2, 0) is 27.3 Å². The first-order valence-electron chi connectivity index (χ1n) is 9.39. The van der Waals surface area contributed by atoms with Crippen LogP contribution in [0.25, 0.3) is 0 Å². The Kier molecular flexibility index (Phi) is 8.71. The van der Waals surface area contributed by atoms with E-state index < -0.39 is 35.0 Å². The van der Waals surface area contributed by atoms with Crippen LogP contribution in [-0.4, -0.2) is 12.4 Å². The molecule has 0 aromatic heterocycles. The number of ketones is 1. The van der Waals surface area contributed by atoms with Crippen LogP contribution in [0.4, 0.5) is 26.3 Å². The topological polar surface area (TPSA) is 26.3 Å². The van der Waals surface area contributed by atoms with Gasteiger partial charge in [0.05, 0.1) is 23.8 Å². The highest BCUT2D eigenvalue weighted by Crippen LogP contribution is 2.42. The molecule has 8 heteroatoms. The van der Waals surface area contributed by atoms with Gasteiger partial charge in [-0.3, -0.25) is 4.79 Å². The first kappa shape index (κ1) is 27.7. The van der Waals surface area contributed by atoms with Crippen molar-refractivity contribution in [2.45, 2.75) is 64.9 Å². The largest absolute Gasteiger partial charge is 0.416 e. The summed E-state index contributed by atoms with van der Waals surface area (Å²) < 4.78 is 84.4. The average Bonchev–Trinajstić information content (AvgIpc) is 3.07. The van der Waals surface area contributed by atoms with Crippen LogP contribution in [0.15, 0.2) is 48.5 Å². The van der Waals surface area contributed by atoms with Gasteiger partial charge < -0.3 is 4.74 Å². The van der Waals surface area contributed by atoms with Crippen molar-refractivity contribution >= 4 is 5.78 Å². The summed E-state index contributed by atoms with van der Waals surface area (Å²) in [5.41, 5.74) is -2.75. The third-order valence-corrected chi connectivity index (χ3v) is 5.49. The van der Waals surface area contributed by atoms with E-state index in [9.17, 15) is 31.1 Å². The number of carbonyl (C=O) groups excluding carboxylic acids is 1. The molecule has 0 unspecified atom stereocenters. The Labute approximate surface area is 184 Å². The van der Waals surface area contributed by atoms with Gasteiger partial charge in [-0.1, -0.05) is 45.2 Å². The van der Waals surface area contributed by atoms with Crippen LogP contribution < -0.4 is 0 Å². The predicted octanol–water partition coefficient (Wildman–Crippen LogP) is 7.77. The van der Waals surface area contributed by atoms with Crippen molar-refractivity contribution in [2.24, 2.45) is 0 Å². The highest BCUT2D eigenvalue weighted by atomic mass is 19.4. The van der Waals surface area contributed by atoms with Crippen molar-refractivity contribution < 1.29 is 35.9 Å². The lowest BCUT2D eigenvalue weighted by Crippen LogP contribution is -2.30. The Hall–Kier alpha value is -2.35. The van der Waals surface area contributed by atoms with Crippen LogP contribution in [0.3, 0.4) is 0 Å². The molecule has 2 aromatic rings. The van der Waals surface area contributed by atoms with Crippen molar-refractivity contribution in [3.63, 3.8) is 0 Å². The van der Waals surface area contributed by atoms with Gasteiger partial charge in [0.1, 0.15) is 5.78 Å². The SMILES string of the molecule is C.C.C[C@@H](OC[C@]1(c2ccccc2)CCC(=O)C1)c1cc(C(F)(F)F)cc(C(F)(F)F)c1. The monoisotopic (exact) mass is 462 g/mol. The molecule has 1 aliphatic rings. The lowest BCUT2D eigenvalue weighted by atomic mass is 9.79. The van der Waals surface area contributed by atoms with Crippen molar-refractivity contribution in [1.29, 1.82) is 0 Å². The van der Waals surface area contributed by atoms with Gasteiger partial charge in [0.2, 0.25) is 0 Å². The second kappa shape index (κ2) is 10.1. The van der Waals surface area contributed by atoms with Gasteiger partial charge in [0.25, 0.3) is 0 Å². The molecule has 0 radical (unpaired) electrons. The molecule has 1 saturated carbocycles. The molecule has 0 spiro atoms. The zero-order valence-electron chi connectivity index (χ0n) is 16.1. The van der Waals surface area contributed by atoms with E-state index in [-0.39, 0.29) is 45.3 Å². The summed E-state index contributed by atoms with van der Waals surface area (Å²) in [7, 11) is 0. The number of Topliss-reactive ketones (excluding diaryl/α,β-unsaturated/α-hetero) is 1. The van der Waals surface area contributed by atoms with Crippen LogP contribution in [0.5, 0.6) is 0 Å². The number of hydrogen-bond donors (Lipinski definition) is 0. The van der Waals surface area contributed by atoms with Gasteiger partial charge in [-0.25, -0.2) is 0 Å². The molecule has 0 amide bonds. The maximum atomic E-state index is 13.1. The summed E-state index contributed by atoms with van der Waals surface area (Å²) in [4.78, 5) is 12.0. The van der Waals surface area contributed by atoms with E-state index in [1.807, 2.05) is 30.3 Å². The number of alkyl halides is 6. The number of ether oxygens (including phenoxy) is 1. The van der Waals surface area contributed by atoms with E-state index in [2.05, 4.69) is 0 Å². The standard InChI is InChI=1S/C22H20F6O2.2CH4/c1-14(15-9-17(21(23,24)25)11-18(10-15)22(26,27)28)30-13-20(8-7-19(29)12-20)16-5-3-2-4-6-16;;/h2-6,9-11,14H,7-8,12-13H2,1H3;2*1H4/t14-,20+;;/m1../s1.